The molecule has 1 aromatic heterocycles. The third kappa shape index (κ3) is 2.30. The third-order valence-corrected chi connectivity index (χ3v) is 3.53. The first kappa shape index (κ1) is 12.8. The van der Waals surface area contributed by atoms with Gasteiger partial charge in [0.25, 0.3) is 0 Å². The Labute approximate surface area is 116 Å². The molecule has 1 N–H and O–H groups in total. The van der Waals surface area contributed by atoms with E-state index in [9.17, 15) is 9.90 Å². The molecule has 1 aliphatic heterocycles. The highest BCUT2D eigenvalue weighted by Gasteiger charge is 2.33. The van der Waals surface area contributed by atoms with Crippen molar-refractivity contribution in [3.63, 3.8) is 0 Å². The maximum Gasteiger partial charge on any atom is 0.325 e. The minimum absolute atomic E-state index is 0.353. The zero-order chi connectivity index (χ0) is 14.1. The number of carboxylic acids is 1. The Morgan fingerprint density at radius 3 is 3.00 bits per heavy atom. The molecule has 1 aliphatic rings. The molecular formula is C14H15N3O3. The van der Waals surface area contributed by atoms with Crippen molar-refractivity contribution in [3.05, 3.63) is 47.1 Å². The molecule has 0 radical (unpaired) electrons. The first-order valence-corrected chi connectivity index (χ1v) is 6.49. The van der Waals surface area contributed by atoms with Gasteiger partial charge in [-0.1, -0.05) is 29.4 Å². The van der Waals surface area contributed by atoms with Gasteiger partial charge < -0.3 is 9.63 Å². The van der Waals surface area contributed by atoms with Gasteiger partial charge in [-0.15, -0.1) is 0 Å². The number of fused-ring (bicyclic) bond motifs is 1. The monoisotopic (exact) mass is 273 g/mol. The summed E-state index contributed by atoms with van der Waals surface area (Å²) in [7, 11) is 0. The lowest BCUT2D eigenvalue weighted by molar-refractivity contribution is -0.144. The molecule has 3 rings (SSSR count). The normalized spacial score (nSPS) is 18.8. The molecule has 0 spiro atoms. The van der Waals surface area contributed by atoms with Crippen LogP contribution in [0.2, 0.25) is 0 Å². The zero-order valence-electron chi connectivity index (χ0n) is 11.1. The van der Waals surface area contributed by atoms with Crippen LogP contribution in [0, 0.1) is 6.92 Å². The summed E-state index contributed by atoms with van der Waals surface area (Å²) in [6, 6.07) is 7.01. The molecule has 6 nitrogen and oxygen atoms in total. The van der Waals surface area contributed by atoms with Gasteiger partial charge in [-0.25, -0.2) is 0 Å². The van der Waals surface area contributed by atoms with E-state index in [0.717, 1.165) is 17.5 Å². The molecule has 104 valence electrons. The van der Waals surface area contributed by atoms with Crippen LogP contribution in [0.3, 0.4) is 0 Å². The average molecular weight is 273 g/mol. The van der Waals surface area contributed by atoms with Gasteiger partial charge in [0, 0.05) is 6.54 Å². The summed E-state index contributed by atoms with van der Waals surface area (Å²) in [6.45, 7) is 2.76. The second kappa shape index (κ2) is 5.05. The summed E-state index contributed by atoms with van der Waals surface area (Å²) in [5.41, 5.74) is 1.94. The molecule has 0 saturated heterocycles. The zero-order valence-corrected chi connectivity index (χ0v) is 11.1. The van der Waals surface area contributed by atoms with E-state index in [2.05, 4.69) is 10.1 Å². The maximum absolute atomic E-state index is 11.6. The summed E-state index contributed by atoms with van der Waals surface area (Å²) in [5.74, 6) is 0.158. The predicted molar refractivity (Wildman–Crippen MR) is 70.0 cm³/mol. The predicted octanol–water partition coefficient (Wildman–Crippen LogP) is 1.56. The Balaban J connectivity index is 1.90. The Morgan fingerprint density at radius 1 is 1.50 bits per heavy atom. The van der Waals surface area contributed by atoms with Gasteiger partial charge in [0.1, 0.15) is 6.04 Å². The van der Waals surface area contributed by atoms with Crippen LogP contribution in [0.4, 0.5) is 0 Å². The number of aryl methyl sites for hydroxylation is 1. The highest BCUT2D eigenvalue weighted by atomic mass is 16.5. The van der Waals surface area contributed by atoms with E-state index in [1.807, 2.05) is 29.2 Å². The summed E-state index contributed by atoms with van der Waals surface area (Å²) in [5, 5.41) is 13.3. The van der Waals surface area contributed by atoms with E-state index >= 15 is 0 Å². The number of aromatic nitrogens is 2. The lowest BCUT2D eigenvalue weighted by Crippen LogP contribution is -2.39. The quantitative estimate of drug-likeness (QED) is 0.914. The minimum Gasteiger partial charge on any atom is -0.480 e. The Hall–Kier alpha value is -2.21. The van der Waals surface area contributed by atoms with Crippen LogP contribution in [0.5, 0.6) is 0 Å². The van der Waals surface area contributed by atoms with Crippen molar-refractivity contribution in [1.29, 1.82) is 0 Å². The molecule has 1 aromatic carbocycles. The van der Waals surface area contributed by atoms with Crippen molar-refractivity contribution < 1.29 is 14.4 Å². The number of nitrogens with zero attached hydrogens (tertiary/aromatic N) is 3. The van der Waals surface area contributed by atoms with E-state index in [4.69, 9.17) is 4.52 Å². The van der Waals surface area contributed by atoms with Gasteiger partial charge in [0.15, 0.2) is 5.82 Å². The number of rotatable bonds is 3. The van der Waals surface area contributed by atoms with E-state index in [0.29, 0.717) is 24.8 Å². The van der Waals surface area contributed by atoms with Gasteiger partial charge in [-0.05, 0) is 24.5 Å². The fraction of sp³-hybridized carbons (Fsp3) is 0.357. The largest absolute Gasteiger partial charge is 0.480 e. The molecule has 1 atom stereocenters. The number of carboxylic acid groups (broad SMARTS) is 1. The first-order valence-electron chi connectivity index (χ1n) is 6.49. The van der Waals surface area contributed by atoms with Crippen molar-refractivity contribution in [2.24, 2.45) is 0 Å². The maximum atomic E-state index is 11.6. The molecule has 0 bridgehead atoms. The van der Waals surface area contributed by atoms with Gasteiger partial charge in [0.2, 0.25) is 5.89 Å². The molecule has 0 fully saturated rings. The topological polar surface area (TPSA) is 79.5 Å². The minimum atomic E-state index is -0.853. The first-order chi connectivity index (χ1) is 9.65. The molecule has 1 unspecified atom stereocenters. The Morgan fingerprint density at radius 2 is 2.30 bits per heavy atom. The third-order valence-electron chi connectivity index (χ3n) is 3.53. The SMILES string of the molecule is Cc1noc(CN2CCc3ccccc3C2C(=O)O)n1. The standard InChI is InChI=1S/C14H15N3O3/c1-9-15-12(20-16-9)8-17-7-6-10-4-2-3-5-11(10)13(17)14(18)19/h2-5,13H,6-8H2,1H3,(H,18,19). The van der Waals surface area contributed by atoms with Crippen LogP contribution in [0.15, 0.2) is 28.8 Å². The van der Waals surface area contributed by atoms with Crippen LogP contribution in [-0.4, -0.2) is 32.7 Å². The highest BCUT2D eigenvalue weighted by Crippen LogP contribution is 2.30. The molecule has 2 aromatic rings. The fourth-order valence-corrected chi connectivity index (χ4v) is 2.66. The van der Waals surface area contributed by atoms with Crippen LogP contribution >= 0.6 is 0 Å². The van der Waals surface area contributed by atoms with Gasteiger partial charge >= 0.3 is 5.97 Å². The Kier molecular flexibility index (Phi) is 3.23. The lowest BCUT2D eigenvalue weighted by atomic mass is 9.92. The Bertz CT molecular complexity index is 638. The lowest BCUT2D eigenvalue weighted by Gasteiger charge is -2.33. The van der Waals surface area contributed by atoms with Gasteiger partial charge in [0.05, 0.1) is 6.54 Å². The number of carbonyl (C=O) groups is 1. The average Bonchev–Trinajstić information content (AvgIpc) is 2.83. The number of hydrogen-bond donors (Lipinski definition) is 1. The van der Waals surface area contributed by atoms with Crippen LogP contribution < -0.4 is 0 Å². The second-order valence-corrected chi connectivity index (χ2v) is 4.90. The summed E-state index contributed by atoms with van der Waals surface area (Å²) >= 11 is 0. The summed E-state index contributed by atoms with van der Waals surface area (Å²) in [6.07, 6.45) is 0.826. The van der Waals surface area contributed by atoms with E-state index in [1.165, 1.54) is 0 Å². The van der Waals surface area contributed by atoms with Crippen molar-refractivity contribution in [1.82, 2.24) is 15.0 Å². The van der Waals surface area contributed by atoms with Crippen molar-refractivity contribution in [2.75, 3.05) is 6.54 Å². The molecule has 20 heavy (non-hydrogen) atoms. The number of hydrogen-bond acceptors (Lipinski definition) is 5. The van der Waals surface area contributed by atoms with Gasteiger partial charge in [-0.2, -0.15) is 4.98 Å². The molecular weight excluding hydrogens is 258 g/mol. The summed E-state index contributed by atoms with van der Waals surface area (Å²) in [4.78, 5) is 17.6. The van der Waals surface area contributed by atoms with Crippen LogP contribution in [0.1, 0.15) is 28.9 Å². The van der Waals surface area contributed by atoms with Gasteiger partial charge in [-0.3, -0.25) is 9.69 Å². The molecule has 0 saturated carbocycles. The number of benzene rings is 1. The van der Waals surface area contributed by atoms with E-state index in [-0.39, 0.29) is 0 Å². The molecule has 6 heteroatoms. The fourth-order valence-electron chi connectivity index (χ4n) is 2.66. The highest BCUT2D eigenvalue weighted by molar-refractivity contribution is 5.76. The molecule has 0 amide bonds. The summed E-state index contributed by atoms with van der Waals surface area (Å²) < 4.78 is 5.09. The van der Waals surface area contributed by atoms with Crippen molar-refractivity contribution in [3.8, 4) is 0 Å². The van der Waals surface area contributed by atoms with E-state index < -0.39 is 12.0 Å². The molecule has 0 aliphatic carbocycles. The number of aliphatic carboxylic acids is 1. The van der Waals surface area contributed by atoms with Crippen molar-refractivity contribution >= 4 is 5.97 Å². The van der Waals surface area contributed by atoms with Crippen LogP contribution in [0.25, 0.3) is 0 Å². The smallest absolute Gasteiger partial charge is 0.325 e. The van der Waals surface area contributed by atoms with E-state index in [1.54, 1.807) is 6.92 Å². The van der Waals surface area contributed by atoms with Crippen LogP contribution in [-0.2, 0) is 17.8 Å². The second-order valence-electron chi connectivity index (χ2n) is 4.90. The molecule has 2 heterocycles. The van der Waals surface area contributed by atoms with Crippen molar-refractivity contribution in [2.45, 2.75) is 25.9 Å².